The van der Waals surface area contributed by atoms with Crippen LogP contribution in [0.4, 0.5) is 5.69 Å². The molecule has 120 valence electrons. The number of anilines is 1. The van der Waals surface area contributed by atoms with Crippen LogP contribution in [0.1, 0.15) is 37.7 Å². The van der Waals surface area contributed by atoms with E-state index in [2.05, 4.69) is 0 Å². The Morgan fingerprint density at radius 3 is 2.68 bits per heavy atom. The Balaban J connectivity index is 1.65. The van der Waals surface area contributed by atoms with Gasteiger partial charge in [0.25, 0.3) is 0 Å². The third kappa shape index (κ3) is 5.97. The van der Waals surface area contributed by atoms with Crippen molar-refractivity contribution in [2.75, 3.05) is 12.3 Å². The van der Waals surface area contributed by atoms with E-state index in [9.17, 15) is 4.79 Å². The molecule has 1 aliphatic rings. The van der Waals surface area contributed by atoms with E-state index in [1.54, 1.807) is 0 Å². The summed E-state index contributed by atoms with van der Waals surface area (Å²) in [6.07, 6.45) is 5.60. The van der Waals surface area contributed by atoms with Crippen molar-refractivity contribution in [3.05, 3.63) is 34.9 Å². The summed E-state index contributed by atoms with van der Waals surface area (Å²) in [5.41, 5.74) is 7.36. The number of nitrogens with zero attached hydrogens (tertiary/aromatic N) is 1. The van der Waals surface area contributed by atoms with E-state index in [-0.39, 0.29) is 6.42 Å². The first-order valence-corrected chi connectivity index (χ1v) is 7.97. The van der Waals surface area contributed by atoms with Gasteiger partial charge in [-0.2, -0.15) is 4.28 Å². The van der Waals surface area contributed by atoms with E-state index in [4.69, 9.17) is 20.0 Å². The van der Waals surface area contributed by atoms with Gasteiger partial charge < -0.3 is 15.7 Å². The fourth-order valence-corrected chi connectivity index (χ4v) is 2.50. The summed E-state index contributed by atoms with van der Waals surface area (Å²) in [4.78, 5) is 15.9. The molecule has 2 rings (SSSR count). The highest BCUT2D eigenvalue weighted by atomic mass is 32.2. The van der Waals surface area contributed by atoms with Gasteiger partial charge in [0.15, 0.2) is 0 Å². The number of hydrogen-bond acceptors (Lipinski definition) is 6. The summed E-state index contributed by atoms with van der Waals surface area (Å²) in [7, 11) is 0. The molecule has 22 heavy (non-hydrogen) atoms. The zero-order valence-electron chi connectivity index (χ0n) is 12.2. The van der Waals surface area contributed by atoms with Crippen LogP contribution in [0.5, 0.6) is 0 Å². The summed E-state index contributed by atoms with van der Waals surface area (Å²) < 4.78 is 5.35. The van der Waals surface area contributed by atoms with E-state index in [1.807, 2.05) is 30.3 Å². The van der Waals surface area contributed by atoms with Crippen molar-refractivity contribution in [2.24, 2.45) is 0 Å². The number of aliphatic carboxylic acids is 1. The number of carboxylic acids is 1. The fourth-order valence-electron chi connectivity index (χ4n) is 1.94. The van der Waals surface area contributed by atoms with Crippen LogP contribution in [0.3, 0.4) is 0 Å². The predicted molar refractivity (Wildman–Crippen MR) is 86.0 cm³/mol. The normalized spacial score (nSPS) is 16.8. The zero-order valence-corrected chi connectivity index (χ0v) is 13.1. The molecule has 0 saturated carbocycles. The number of hydrogen-bond donors (Lipinski definition) is 2. The smallest absolute Gasteiger partial charge is 0.303 e. The third-order valence-corrected chi connectivity index (χ3v) is 3.69. The van der Waals surface area contributed by atoms with E-state index in [1.165, 1.54) is 17.3 Å². The summed E-state index contributed by atoms with van der Waals surface area (Å²) in [5.74, 6) is -0.736. The largest absolute Gasteiger partial charge is 0.481 e. The Kier molecular flexibility index (Phi) is 6.57. The van der Waals surface area contributed by atoms with Gasteiger partial charge in [-0.25, -0.2) is 0 Å². The average molecular weight is 324 g/mol. The molecule has 1 fully saturated rings. The van der Waals surface area contributed by atoms with Gasteiger partial charge in [0.2, 0.25) is 5.09 Å². The molecule has 1 heterocycles. The second kappa shape index (κ2) is 8.67. The number of unbranched alkanes of at least 4 members (excludes halogenated alkanes) is 3. The molecular formula is C15H20N2O4S. The van der Waals surface area contributed by atoms with Gasteiger partial charge >= 0.3 is 5.97 Å². The van der Waals surface area contributed by atoms with E-state index >= 15 is 0 Å². The molecule has 0 spiro atoms. The predicted octanol–water partition coefficient (Wildman–Crippen LogP) is 3.43. The van der Waals surface area contributed by atoms with Gasteiger partial charge in [0.1, 0.15) is 0 Å². The maximum atomic E-state index is 10.4. The standard InChI is InChI=1S/C15H20N2O4S/c16-13-8-6-12(7-9-13)11-15-20-17(21-22-15)10-4-2-1-3-5-14(18)19/h6-9,11H,1-5,10,16H2,(H,18,19). The first-order chi connectivity index (χ1) is 10.6. The SMILES string of the molecule is Nc1ccc(C=C2ON(CCCCCCC(=O)O)OS2)cc1. The van der Waals surface area contributed by atoms with E-state index in [0.29, 0.717) is 18.1 Å². The molecule has 7 heteroatoms. The Bertz CT molecular complexity index is 519. The molecule has 0 atom stereocenters. The fraction of sp³-hybridized carbons (Fsp3) is 0.400. The lowest BCUT2D eigenvalue weighted by Crippen LogP contribution is -2.16. The Morgan fingerprint density at radius 1 is 1.23 bits per heavy atom. The van der Waals surface area contributed by atoms with Crippen LogP contribution < -0.4 is 5.73 Å². The molecule has 0 aliphatic carbocycles. The number of carbonyl (C=O) groups is 1. The van der Waals surface area contributed by atoms with Crippen LogP contribution in [0.25, 0.3) is 6.08 Å². The quantitative estimate of drug-likeness (QED) is 0.430. The number of nitrogen functional groups attached to an aromatic ring is 1. The van der Waals surface area contributed by atoms with Crippen LogP contribution in [0.2, 0.25) is 0 Å². The molecule has 1 saturated heterocycles. The van der Waals surface area contributed by atoms with Crippen molar-refractivity contribution in [3.63, 3.8) is 0 Å². The lowest BCUT2D eigenvalue weighted by Gasteiger charge is -2.09. The number of rotatable bonds is 8. The van der Waals surface area contributed by atoms with Gasteiger partial charge in [0, 0.05) is 12.1 Å². The second-order valence-electron chi connectivity index (χ2n) is 4.99. The molecule has 3 N–H and O–H groups in total. The van der Waals surface area contributed by atoms with E-state index < -0.39 is 5.97 Å². The number of benzene rings is 1. The van der Waals surface area contributed by atoms with Gasteiger partial charge in [-0.15, -0.1) is 0 Å². The average Bonchev–Trinajstić information content (AvgIpc) is 2.92. The lowest BCUT2D eigenvalue weighted by molar-refractivity contribution is -0.259. The van der Waals surface area contributed by atoms with Gasteiger partial charge in [-0.3, -0.25) is 4.79 Å². The highest BCUT2D eigenvalue weighted by Crippen LogP contribution is 2.31. The van der Waals surface area contributed by atoms with Crippen molar-refractivity contribution in [1.29, 1.82) is 0 Å². The summed E-state index contributed by atoms with van der Waals surface area (Å²) in [5, 5.41) is 10.7. The first-order valence-electron chi connectivity index (χ1n) is 7.22. The van der Waals surface area contributed by atoms with Crippen molar-refractivity contribution < 1.29 is 19.0 Å². The van der Waals surface area contributed by atoms with Crippen molar-refractivity contribution in [3.8, 4) is 0 Å². The van der Waals surface area contributed by atoms with Crippen LogP contribution >= 0.6 is 12.0 Å². The minimum absolute atomic E-state index is 0.237. The summed E-state index contributed by atoms with van der Waals surface area (Å²) >= 11 is 1.18. The van der Waals surface area contributed by atoms with E-state index in [0.717, 1.165) is 30.5 Å². The molecule has 0 radical (unpaired) electrons. The number of hydroxylamine groups is 2. The van der Waals surface area contributed by atoms with Crippen molar-refractivity contribution >= 4 is 29.8 Å². The van der Waals surface area contributed by atoms with Crippen molar-refractivity contribution in [1.82, 2.24) is 5.23 Å². The van der Waals surface area contributed by atoms with Gasteiger partial charge in [-0.1, -0.05) is 25.0 Å². The molecule has 1 aromatic rings. The monoisotopic (exact) mass is 324 g/mol. The van der Waals surface area contributed by atoms with Crippen LogP contribution in [0, 0.1) is 0 Å². The minimum Gasteiger partial charge on any atom is -0.481 e. The molecule has 1 aliphatic heterocycles. The molecule has 1 aromatic carbocycles. The highest BCUT2D eigenvalue weighted by Gasteiger charge is 2.20. The highest BCUT2D eigenvalue weighted by molar-refractivity contribution is 7.98. The summed E-state index contributed by atoms with van der Waals surface area (Å²) in [6.45, 7) is 0.652. The molecule has 0 bridgehead atoms. The maximum Gasteiger partial charge on any atom is 0.303 e. The summed E-state index contributed by atoms with van der Waals surface area (Å²) in [6, 6.07) is 7.50. The molecule has 0 aromatic heterocycles. The first kappa shape index (κ1) is 16.7. The molecule has 0 amide bonds. The van der Waals surface area contributed by atoms with Crippen LogP contribution in [-0.2, 0) is 13.9 Å². The third-order valence-electron chi connectivity index (χ3n) is 3.10. The van der Waals surface area contributed by atoms with Crippen LogP contribution in [0.15, 0.2) is 29.4 Å². The Morgan fingerprint density at radius 2 is 1.95 bits per heavy atom. The van der Waals surface area contributed by atoms with Gasteiger partial charge in [-0.05, 0) is 41.8 Å². The molecular weight excluding hydrogens is 304 g/mol. The molecule has 6 nitrogen and oxygen atoms in total. The van der Waals surface area contributed by atoms with Crippen LogP contribution in [-0.4, -0.2) is 22.8 Å². The molecule has 0 unspecified atom stereocenters. The Labute approximate surface area is 134 Å². The Hall–Kier alpha value is -1.70. The van der Waals surface area contributed by atoms with Crippen molar-refractivity contribution in [2.45, 2.75) is 32.1 Å². The topological polar surface area (TPSA) is 85.0 Å². The second-order valence-corrected chi connectivity index (χ2v) is 5.71. The van der Waals surface area contributed by atoms with Gasteiger partial charge in [0.05, 0.1) is 18.6 Å². The lowest BCUT2D eigenvalue weighted by atomic mass is 10.1. The number of carboxylic acid groups (broad SMARTS) is 1. The zero-order chi connectivity index (χ0) is 15.8. The number of nitrogens with two attached hydrogens (primary N) is 1. The maximum absolute atomic E-state index is 10.4. The minimum atomic E-state index is -0.736.